The minimum atomic E-state index is -3.16. The van der Waals surface area contributed by atoms with Crippen LogP contribution < -0.4 is 5.32 Å². The number of sulfonamides is 1. The number of piperidine rings is 1. The molecule has 1 aromatic rings. The van der Waals surface area contributed by atoms with Crippen molar-refractivity contribution in [3.63, 3.8) is 0 Å². The SMILES string of the molecule is C=CCSc1ccccc1NC(=O)C1CCN(S(C)(=O)=O)CC1. The van der Waals surface area contributed by atoms with E-state index in [-0.39, 0.29) is 11.8 Å². The Bertz CT molecular complexity index is 666. The highest BCUT2D eigenvalue weighted by Gasteiger charge is 2.29. The molecule has 0 aliphatic carbocycles. The molecule has 2 rings (SSSR count). The lowest BCUT2D eigenvalue weighted by Gasteiger charge is -2.29. The van der Waals surface area contributed by atoms with Crippen molar-refractivity contribution in [1.29, 1.82) is 0 Å². The van der Waals surface area contributed by atoms with Crippen molar-refractivity contribution < 1.29 is 13.2 Å². The van der Waals surface area contributed by atoms with Gasteiger partial charge in [-0.1, -0.05) is 18.2 Å². The fourth-order valence-electron chi connectivity index (χ4n) is 2.53. The quantitative estimate of drug-likeness (QED) is 0.630. The Hall–Kier alpha value is -1.31. The molecule has 1 aromatic carbocycles. The molecule has 7 heteroatoms. The first-order chi connectivity index (χ1) is 10.9. The molecule has 23 heavy (non-hydrogen) atoms. The van der Waals surface area contributed by atoms with Gasteiger partial charge in [0.15, 0.2) is 0 Å². The molecular formula is C16H22N2O3S2. The van der Waals surface area contributed by atoms with Crippen LogP contribution in [0.4, 0.5) is 5.69 Å². The number of nitrogens with one attached hydrogen (secondary N) is 1. The topological polar surface area (TPSA) is 66.5 Å². The predicted molar refractivity (Wildman–Crippen MR) is 95.1 cm³/mol. The molecule has 1 aliphatic rings. The molecule has 0 unspecified atom stereocenters. The van der Waals surface area contributed by atoms with Crippen LogP contribution in [0.2, 0.25) is 0 Å². The molecule has 1 amide bonds. The van der Waals surface area contributed by atoms with Gasteiger partial charge in [0.1, 0.15) is 0 Å². The maximum absolute atomic E-state index is 12.4. The molecule has 1 N–H and O–H groups in total. The number of carbonyl (C=O) groups is 1. The number of carbonyl (C=O) groups excluding carboxylic acids is 1. The van der Waals surface area contributed by atoms with Crippen LogP contribution in [-0.2, 0) is 14.8 Å². The molecule has 0 aromatic heterocycles. The molecule has 0 saturated carbocycles. The number of nitrogens with zero attached hydrogens (tertiary/aromatic N) is 1. The van der Waals surface area contributed by atoms with Crippen LogP contribution in [0.1, 0.15) is 12.8 Å². The van der Waals surface area contributed by atoms with E-state index in [0.717, 1.165) is 16.3 Å². The van der Waals surface area contributed by atoms with Crippen LogP contribution in [0.3, 0.4) is 0 Å². The molecule has 0 atom stereocenters. The van der Waals surface area contributed by atoms with Gasteiger partial charge in [-0.2, -0.15) is 0 Å². The van der Waals surface area contributed by atoms with E-state index in [9.17, 15) is 13.2 Å². The Kier molecular flexibility index (Phi) is 6.26. The van der Waals surface area contributed by atoms with E-state index in [0.29, 0.717) is 25.9 Å². The van der Waals surface area contributed by atoms with E-state index in [1.165, 1.54) is 10.6 Å². The monoisotopic (exact) mass is 354 g/mol. The second-order valence-electron chi connectivity index (χ2n) is 5.52. The van der Waals surface area contributed by atoms with Gasteiger partial charge >= 0.3 is 0 Å². The minimum Gasteiger partial charge on any atom is -0.325 e. The average molecular weight is 354 g/mol. The molecule has 0 radical (unpaired) electrons. The first kappa shape index (κ1) is 18.0. The summed E-state index contributed by atoms with van der Waals surface area (Å²) in [4.78, 5) is 13.5. The van der Waals surface area contributed by atoms with E-state index in [1.54, 1.807) is 11.8 Å². The highest BCUT2D eigenvalue weighted by atomic mass is 32.2. The first-order valence-electron chi connectivity index (χ1n) is 7.50. The molecule has 0 bridgehead atoms. The van der Waals surface area contributed by atoms with Crippen molar-refractivity contribution in [2.75, 3.05) is 30.4 Å². The lowest BCUT2D eigenvalue weighted by Crippen LogP contribution is -2.40. The third-order valence-electron chi connectivity index (χ3n) is 3.80. The Labute approximate surface area is 142 Å². The van der Waals surface area contributed by atoms with Crippen LogP contribution in [0.5, 0.6) is 0 Å². The van der Waals surface area contributed by atoms with Crippen molar-refractivity contribution in [2.45, 2.75) is 17.7 Å². The molecular weight excluding hydrogens is 332 g/mol. The Morgan fingerprint density at radius 1 is 1.39 bits per heavy atom. The largest absolute Gasteiger partial charge is 0.325 e. The van der Waals surface area contributed by atoms with E-state index in [1.807, 2.05) is 30.3 Å². The summed E-state index contributed by atoms with van der Waals surface area (Å²) < 4.78 is 24.5. The zero-order valence-corrected chi connectivity index (χ0v) is 14.8. The fraction of sp³-hybridized carbons (Fsp3) is 0.438. The lowest BCUT2D eigenvalue weighted by atomic mass is 9.97. The molecule has 1 saturated heterocycles. The van der Waals surface area contributed by atoms with Gasteiger partial charge in [0, 0.05) is 29.7 Å². The number of benzene rings is 1. The van der Waals surface area contributed by atoms with Crippen LogP contribution in [0.15, 0.2) is 41.8 Å². The highest BCUT2D eigenvalue weighted by Crippen LogP contribution is 2.28. The number of amides is 1. The number of hydrogen-bond donors (Lipinski definition) is 1. The molecule has 1 heterocycles. The summed E-state index contributed by atoms with van der Waals surface area (Å²) in [5, 5.41) is 2.98. The number of thioether (sulfide) groups is 1. The Morgan fingerprint density at radius 2 is 2.04 bits per heavy atom. The Balaban J connectivity index is 1.97. The second-order valence-corrected chi connectivity index (χ2v) is 8.57. The summed E-state index contributed by atoms with van der Waals surface area (Å²) in [5.41, 5.74) is 0.801. The average Bonchev–Trinajstić information content (AvgIpc) is 2.53. The van der Waals surface area contributed by atoms with Gasteiger partial charge in [-0.15, -0.1) is 18.3 Å². The summed E-state index contributed by atoms with van der Waals surface area (Å²) in [6.45, 7) is 4.52. The van der Waals surface area contributed by atoms with Crippen molar-refractivity contribution >= 4 is 33.4 Å². The summed E-state index contributed by atoms with van der Waals surface area (Å²) in [5.74, 6) is 0.592. The van der Waals surface area contributed by atoms with Crippen molar-refractivity contribution in [1.82, 2.24) is 4.31 Å². The zero-order chi connectivity index (χ0) is 16.9. The van der Waals surface area contributed by atoms with E-state index in [2.05, 4.69) is 11.9 Å². The molecule has 1 aliphatic heterocycles. The van der Waals surface area contributed by atoms with Crippen LogP contribution in [-0.4, -0.2) is 43.7 Å². The van der Waals surface area contributed by atoms with Crippen molar-refractivity contribution in [2.24, 2.45) is 5.92 Å². The van der Waals surface area contributed by atoms with Gasteiger partial charge in [-0.25, -0.2) is 12.7 Å². The first-order valence-corrected chi connectivity index (χ1v) is 10.3. The number of rotatable bonds is 6. The van der Waals surface area contributed by atoms with Gasteiger partial charge < -0.3 is 5.32 Å². The Morgan fingerprint density at radius 3 is 2.65 bits per heavy atom. The summed E-state index contributed by atoms with van der Waals surface area (Å²) in [6.07, 6.45) is 4.15. The zero-order valence-electron chi connectivity index (χ0n) is 13.2. The predicted octanol–water partition coefficient (Wildman–Crippen LogP) is 2.57. The standard InChI is InChI=1S/C16H22N2O3S2/c1-3-12-22-15-7-5-4-6-14(15)17-16(19)13-8-10-18(11-9-13)23(2,20)21/h3-7,13H,1,8-12H2,2H3,(H,17,19). The number of hydrogen-bond acceptors (Lipinski definition) is 4. The number of para-hydroxylation sites is 1. The smallest absolute Gasteiger partial charge is 0.227 e. The van der Waals surface area contributed by atoms with Gasteiger partial charge in [0.2, 0.25) is 15.9 Å². The van der Waals surface area contributed by atoms with Crippen molar-refractivity contribution in [3.05, 3.63) is 36.9 Å². The summed E-state index contributed by atoms with van der Waals surface area (Å²) >= 11 is 1.62. The molecule has 0 spiro atoms. The van der Waals surface area contributed by atoms with Gasteiger partial charge in [-0.05, 0) is 25.0 Å². The summed E-state index contributed by atoms with van der Waals surface area (Å²) in [6, 6.07) is 7.68. The summed E-state index contributed by atoms with van der Waals surface area (Å²) in [7, 11) is -3.16. The lowest BCUT2D eigenvalue weighted by molar-refractivity contribution is -0.120. The van der Waals surface area contributed by atoms with Crippen LogP contribution in [0.25, 0.3) is 0 Å². The maximum atomic E-state index is 12.4. The van der Waals surface area contributed by atoms with E-state index < -0.39 is 10.0 Å². The van der Waals surface area contributed by atoms with Crippen LogP contribution >= 0.6 is 11.8 Å². The van der Waals surface area contributed by atoms with Gasteiger partial charge in [0.05, 0.1) is 11.9 Å². The molecule has 126 valence electrons. The normalized spacial score (nSPS) is 16.9. The third-order valence-corrected chi connectivity index (χ3v) is 6.17. The minimum absolute atomic E-state index is 0.0372. The van der Waals surface area contributed by atoms with Gasteiger partial charge in [-0.3, -0.25) is 4.79 Å². The van der Waals surface area contributed by atoms with Crippen molar-refractivity contribution in [3.8, 4) is 0 Å². The third kappa shape index (κ3) is 5.09. The second kappa shape index (κ2) is 7.99. The molecule has 1 fully saturated rings. The highest BCUT2D eigenvalue weighted by molar-refractivity contribution is 7.99. The fourth-order valence-corrected chi connectivity index (χ4v) is 4.15. The van der Waals surface area contributed by atoms with E-state index in [4.69, 9.17) is 0 Å². The van der Waals surface area contributed by atoms with Gasteiger partial charge in [0.25, 0.3) is 0 Å². The molecule has 5 nitrogen and oxygen atoms in total. The maximum Gasteiger partial charge on any atom is 0.227 e. The van der Waals surface area contributed by atoms with E-state index >= 15 is 0 Å². The number of anilines is 1. The van der Waals surface area contributed by atoms with Crippen LogP contribution in [0, 0.1) is 5.92 Å².